The van der Waals surface area contributed by atoms with Gasteiger partial charge in [0.2, 0.25) is 0 Å². The van der Waals surface area contributed by atoms with Crippen LogP contribution in [0.1, 0.15) is 57.7 Å². The molecule has 3 nitrogen and oxygen atoms in total. The van der Waals surface area contributed by atoms with Gasteiger partial charge in [-0.1, -0.05) is 32.6 Å². The average molecular weight is 235 g/mol. The Bertz CT molecular complexity index is 326. The average Bonchev–Trinajstić information content (AvgIpc) is 2.98. The normalized spacial score (nSPS) is 18.7. The number of nitrogens with zero attached hydrogens (tertiary/aromatic N) is 2. The van der Waals surface area contributed by atoms with E-state index in [0.29, 0.717) is 6.04 Å². The summed E-state index contributed by atoms with van der Waals surface area (Å²) >= 11 is 0. The van der Waals surface area contributed by atoms with E-state index in [1.54, 1.807) is 0 Å². The van der Waals surface area contributed by atoms with E-state index in [1.807, 2.05) is 6.20 Å². The lowest BCUT2D eigenvalue weighted by atomic mass is 9.96. The van der Waals surface area contributed by atoms with Crippen molar-refractivity contribution in [2.45, 2.75) is 58.5 Å². The molecular formula is C14H25N3. The van der Waals surface area contributed by atoms with Gasteiger partial charge in [-0.3, -0.25) is 4.68 Å². The van der Waals surface area contributed by atoms with Crippen LogP contribution in [0.3, 0.4) is 0 Å². The Hall–Kier alpha value is -0.830. The Morgan fingerprint density at radius 3 is 2.82 bits per heavy atom. The third-order valence-electron chi connectivity index (χ3n) is 3.90. The van der Waals surface area contributed by atoms with Gasteiger partial charge in [0.05, 0.1) is 5.69 Å². The summed E-state index contributed by atoms with van der Waals surface area (Å²) in [6.07, 6.45) is 8.90. The molecule has 1 N–H and O–H groups in total. The molecule has 1 aromatic heterocycles. The molecule has 1 aromatic rings. The Morgan fingerprint density at radius 1 is 1.41 bits per heavy atom. The molecule has 3 heteroatoms. The third-order valence-corrected chi connectivity index (χ3v) is 3.90. The van der Waals surface area contributed by atoms with Gasteiger partial charge in [0.15, 0.2) is 0 Å². The second-order valence-corrected chi connectivity index (χ2v) is 5.07. The van der Waals surface area contributed by atoms with Crippen LogP contribution in [0, 0.1) is 5.92 Å². The number of hydrogen-bond acceptors (Lipinski definition) is 2. The van der Waals surface area contributed by atoms with Crippen molar-refractivity contribution in [1.82, 2.24) is 15.1 Å². The molecule has 0 radical (unpaired) electrons. The van der Waals surface area contributed by atoms with Crippen molar-refractivity contribution in [3.8, 4) is 0 Å². The van der Waals surface area contributed by atoms with Gasteiger partial charge in [0.1, 0.15) is 0 Å². The maximum atomic E-state index is 4.39. The number of aryl methyl sites for hydroxylation is 1. The summed E-state index contributed by atoms with van der Waals surface area (Å²) in [5.41, 5.74) is 1.36. The molecule has 0 spiro atoms. The summed E-state index contributed by atoms with van der Waals surface area (Å²) < 4.78 is 2.13. The highest BCUT2D eigenvalue weighted by Crippen LogP contribution is 2.32. The van der Waals surface area contributed by atoms with Crippen LogP contribution >= 0.6 is 0 Å². The molecule has 0 saturated heterocycles. The largest absolute Gasteiger partial charge is 0.309 e. The van der Waals surface area contributed by atoms with Crippen molar-refractivity contribution < 1.29 is 0 Å². The molecule has 0 aromatic carbocycles. The summed E-state index contributed by atoms with van der Waals surface area (Å²) in [7, 11) is 0. The fourth-order valence-corrected chi connectivity index (χ4v) is 3.04. The first-order valence-corrected chi connectivity index (χ1v) is 7.10. The SMILES string of the molecule is CCNC(CC1CCCC1)c1ccnn1CC. The molecule has 1 fully saturated rings. The van der Waals surface area contributed by atoms with E-state index < -0.39 is 0 Å². The van der Waals surface area contributed by atoms with Crippen LogP contribution in [0.25, 0.3) is 0 Å². The van der Waals surface area contributed by atoms with Crippen LogP contribution < -0.4 is 5.32 Å². The summed E-state index contributed by atoms with van der Waals surface area (Å²) in [5.74, 6) is 0.916. The van der Waals surface area contributed by atoms with Gasteiger partial charge in [-0.2, -0.15) is 5.10 Å². The van der Waals surface area contributed by atoms with Gasteiger partial charge in [0.25, 0.3) is 0 Å². The molecule has 1 saturated carbocycles. The molecule has 1 aliphatic carbocycles. The van der Waals surface area contributed by atoms with Crippen LogP contribution in [0.2, 0.25) is 0 Å². The minimum absolute atomic E-state index is 0.491. The van der Waals surface area contributed by atoms with E-state index in [1.165, 1.54) is 37.8 Å². The molecule has 2 rings (SSSR count). The molecule has 96 valence electrons. The first kappa shape index (κ1) is 12.6. The highest BCUT2D eigenvalue weighted by molar-refractivity contribution is 5.07. The number of aromatic nitrogens is 2. The standard InChI is InChI=1S/C14H25N3/c1-3-15-13(11-12-7-5-6-8-12)14-9-10-16-17(14)4-2/h9-10,12-13,15H,3-8,11H2,1-2H3. The summed E-state index contributed by atoms with van der Waals surface area (Å²) in [4.78, 5) is 0. The zero-order valence-electron chi connectivity index (χ0n) is 11.2. The van der Waals surface area contributed by atoms with Crippen molar-refractivity contribution in [2.24, 2.45) is 5.92 Å². The number of nitrogens with one attached hydrogen (secondary N) is 1. The van der Waals surface area contributed by atoms with Gasteiger partial charge in [-0.05, 0) is 31.9 Å². The number of hydrogen-bond donors (Lipinski definition) is 1. The summed E-state index contributed by atoms with van der Waals surface area (Å²) in [6, 6.07) is 2.66. The molecule has 1 heterocycles. The minimum atomic E-state index is 0.491. The second-order valence-electron chi connectivity index (χ2n) is 5.07. The third kappa shape index (κ3) is 3.09. The van der Waals surface area contributed by atoms with Crippen molar-refractivity contribution in [1.29, 1.82) is 0 Å². The van der Waals surface area contributed by atoms with E-state index in [9.17, 15) is 0 Å². The zero-order valence-corrected chi connectivity index (χ0v) is 11.2. The predicted octanol–water partition coefficient (Wildman–Crippen LogP) is 3.13. The Balaban J connectivity index is 2.04. The van der Waals surface area contributed by atoms with E-state index in [4.69, 9.17) is 0 Å². The summed E-state index contributed by atoms with van der Waals surface area (Å²) in [6.45, 7) is 6.35. The zero-order chi connectivity index (χ0) is 12.1. The Labute approximate surface area is 105 Å². The van der Waals surface area contributed by atoms with Crippen LogP contribution in [0.15, 0.2) is 12.3 Å². The van der Waals surface area contributed by atoms with Gasteiger partial charge in [0, 0.05) is 18.8 Å². The van der Waals surface area contributed by atoms with Gasteiger partial charge in [-0.25, -0.2) is 0 Å². The van der Waals surface area contributed by atoms with Crippen molar-refractivity contribution in [2.75, 3.05) is 6.54 Å². The maximum absolute atomic E-state index is 4.39. The molecule has 0 amide bonds. The van der Waals surface area contributed by atoms with Gasteiger partial charge < -0.3 is 5.32 Å². The monoisotopic (exact) mass is 235 g/mol. The lowest BCUT2D eigenvalue weighted by Gasteiger charge is -2.22. The Kier molecular flexibility index (Phi) is 4.60. The molecule has 1 aliphatic rings. The van der Waals surface area contributed by atoms with E-state index in [-0.39, 0.29) is 0 Å². The quantitative estimate of drug-likeness (QED) is 0.821. The van der Waals surface area contributed by atoms with Gasteiger partial charge >= 0.3 is 0 Å². The van der Waals surface area contributed by atoms with E-state index in [2.05, 4.69) is 35.0 Å². The van der Waals surface area contributed by atoms with E-state index >= 15 is 0 Å². The predicted molar refractivity (Wildman–Crippen MR) is 70.9 cm³/mol. The summed E-state index contributed by atoms with van der Waals surface area (Å²) in [5, 5.41) is 8.01. The fraction of sp³-hybridized carbons (Fsp3) is 0.786. The first-order valence-electron chi connectivity index (χ1n) is 7.10. The van der Waals surface area contributed by atoms with Crippen molar-refractivity contribution in [3.63, 3.8) is 0 Å². The van der Waals surface area contributed by atoms with Crippen molar-refractivity contribution in [3.05, 3.63) is 18.0 Å². The lowest BCUT2D eigenvalue weighted by molar-refractivity contribution is 0.381. The molecule has 0 bridgehead atoms. The lowest BCUT2D eigenvalue weighted by Crippen LogP contribution is -2.25. The topological polar surface area (TPSA) is 29.9 Å². The highest BCUT2D eigenvalue weighted by Gasteiger charge is 2.22. The maximum Gasteiger partial charge on any atom is 0.0553 e. The van der Waals surface area contributed by atoms with Crippen LogP contribution in [0.4, 0.5) is 0 Å². The second kappa shape index (κ2) is 6.20. The first-order chi connectivity index (χ1) is 8.35. The number of rotatable bonds is 6. The highest BCUT2D eigenvalue weighted by atomic mass is 15.3. The molecule has 0 aliphatic heterocycles. The minimum Gasteiger partial charge on any atom is -0.309 e. The van der Waals surface area contributed by atoms with Crippen LogP contribution in [-0.4, -0.2) is 16.3 Å². The molecule has 1 atom stereocenters. The van der Waals surface area contributed by atoms with Crippen LogP contribution in [0.5, 0.6) is 0 Å². The van der Waals surface area contributed by atoms with Gasteiger partial charge in [-0.15, -0.1) is 0 Å². The van der Waals surface area contributed by atoms with Crippen molar-refractivity contribution >= 4 is 0 Å². The van der Waals surface area contributed by atoms with Crippen LogP contribution in [-0.2, 0) is 6.54 Å². The van der Waals surface area contributed by atoms with E-state index in [0.717, 1.165) is 19.0 Å². The smallest absolute Gasteiger partial charge is 0.0553 e. The molecular weight excluding hydrogens is 210 g/mol. The molecule has 1 unspecified atom stereocenters. The Morgan fingerprint density at radius 2 is 2.18 bits per heavy atom. The fourth-order valence-electron chi connectivity index (χ4n) is 3.04. The molecule has 17 heavy (non-hydrogen) atoms.